The van der Waals surface area contributed by atoms with Crippen molar-refractivity contribution in [2.45, 2.75) is 44.2 Å². The van der Waals surface area contributed by atoms with E-state index in [0.29, 0.717) is 6.54 Å². The number of nitrogens with one attached hydrogen (secondary N) is 1. The zero-order valence-electron chi connectivity index (χ0n) is 9.22. The predicted octanol–water partition coefficient (Wildman–Crippen LogP) is 0.409. The van der Waals surface area contributed by atoms with Gasteiger partial charge in [0.15, 0.2) is 0 Å². The molecule has 4 heteroatoms. The molecule has 0 bridgehead atoms. The molecule has 1 aliphatic rings. The molecule has 0 aromatic carbocycles. The SMILES string of the molecule is COC1(CNC(=O)C(C)(C)N)CCC1. The first kappa shape index (κ1) is 11.5. The van der Waals surface area contributed by atoms with E-state index in [9.17, 15) is 4.79 Å². The lowest BCUT2D eigenvalue weighted by molar-refractivity contribution is -0.128. The van der Waals surface area contributed by atoms with Crippen LogP contribution in [-0.2, 0) is 9.53 Å². The van der Waals surface area contributed by atoms with E-state index in [0.717, 1.165) is 12.8 Å². The average molecular weight is 200 g/mol. The summed E-state index contributed by atoms with van der Waals surface area (Å²) in [6.07, 6.45) is 3.22. The molecule has 3 N–H and O–H groups in total. The highest BCUT2D eigenvalue weighted by Crippen LogP contribution is 2.34. The van der Waals surface area contributed by atoms with Crippen molar-refractivity contribution in [3.63, 3.8) is 0 Å². The maximum absolute atomic E-state index is 11.5. The molecule has 0 radical (unpaired) electrons. The van der Waals surface area contributed by atoms with Crippen molar-refractivity contribution in [2.75, 3.05) is 13.7 Å². The summed E-state index contributed by atoms with van der Waals surface area (Å²) in [5, 5.41) is 2.83. The molecule has 0 spiro atoms. The molecule has 0 atom stereocenters. The van der Waals surface area contributed by atoms with Gasteiger partial charge < -0.3 is 15.8 Å². The summed E-state index contributed by atoms with van der Waals surface area (Å²) >= 11 is 0. The van der Waals surface area contributed by atoms with Crippen molar-refractivity contribution < 1.29 is 9.53 Å². The van der Waals surface area contributed by atoms with Gasteiger partial charge in [-0.2, -0.15) is 0 Å². The topological polar surface area (TPSA) is 64.3 Å². The van der Waals surface area contributed by atoms with Crippen LogP contribution in [0.25, 0.3) is 0 Å². The van der Waals surface area contributed by atoms with Crippen LogP contribution in [0.4, 0.5) is 0 Å². The number of carbonyl (C=O) groups excluding carboxylic acids is 1. The van der Waals surface area contributed by atoms with E-state index in [1.807, 2.05) is 0 Å². The van der Waals surface area contributed by atoms with E-state index >= 15 is 0 Å². The molecule has 0 aromatic heterocycles. The lowest BCUT2D eigenvalue weighted by Crippen LogP contribution is -2.55. The third-order valence-corrected chi connectivity index (χ3v) is 2.85. The molecule has 0 saturated heterocycles. The van der Waals surface area contributed by atoms with Gasteiger partial charge >= 0.3 is 0 Å². The summed E-state index contributed by atoms with van der Waals surface area (Å²) in [6, 6.07) is 0. The van der Waals surface area contributed by atoms with Gasteiger partial charge in [-0.05, 0) is 33.1 Å². The average Bonchev–Trinajstić information content (AvgIpc) is 2.01. The minimum absolute atomic E-state index is 0.124. The van der Waals surface area contributed by atoms with E-state index < -0.39 is 5.54 Å². The van der Waals surface area contributed by atoms with Crippen LogP contribution >= 0.6 is 0 Å². The van der Waals surface area contributed by atoms with Gasteiger partial charge in [-0.25, -0.2) is 0 Å². The first-order chi connectivity index (χ1) is 6.40. The number of ether oxygens (including phenoxy) is 1. The quantitative estimate of drug-likeness (QED) is 0.691. The minimum Gasteiger partial charge on any atom is -0.376 e. The second-order valence-corrected chi connectivity index (χ2v) is 4.65. The first-order valence-electron chi connectivity index (χ1n) is 5.02. The van der Waals surface area contributed by atoms with E-state index in [1.54, 1.807) is 21.0 Å². The number of hydrogen-bond acceptors (Lipinski definition) is 3. The largest absolute Gasteiger partial charge is 0.376 e. The summed E-state index contributed by atoms with van der Waals surface area (Å²) < 4.78 is 5.38. The lowest BCUT2D eigenvalue weighted by Gasteiger charge is -2.41. The zero-order valence-corrected chi connectivity index (χ0v) is 9.22. The van der Waals surface area contributed by atoms with Gasteiger partial charge in [0.1, 0.15) is 0 Å². The Labute approximate surface area is 85.2 Å². The first-order valence-corrected chi connectivity index (χ1v) is 5.02. The Bertz CT molecular complexity index is 211. The Morgan fingerprint density at radius 2 is 2.14 bits per heavy atom. The predicted molar refractivity (Wildman–Crippen MR) is 54.9 cm³/mol. The van der Waals surface area contributed by atoms with Gasteiger partial charge in [0.25, 0.3) is 0 Å². The second kappa shape index (κ2) is 3.87. The van der Waals surface area contributed by atoms with Crippen LogP contribution < -0.4 is 11.1 Å². The van der Waals surface area contributed by atoms with E-state index in [-0.39, 0.29) is 11.5 Å². The van der Waals surface area contributed by atoms with E-state index in [4.69, 9.17) is 10.5 Å². The zero-order chi connectivity index (χ0) is 10.8. The Balaban J connectivity index is 2.36. The maximum Gasteiger partial charge on any atom is 0.239 e. The van der Waals surface area contributed by atoms with Crippen LogP contribution in [0.15, 0.2) is 0 Å². The van der Waals surface area contributed by atoms with Crippen LogP contribution in [0.5, 0.6) is 0 Å². The molecule has 1 amide bonds. The molecule has 82 valence electrons. The molecular weight excluding hydrogens is 180 g/mol. The van der Waals surface area contributed by atoms with Gasteiger partial charge in [-0.15, -0.1) is 0 Å². The molecule has 1 rings (SSSR count). The number of methoxy groups -OCH3 is 1. The third-order valence-electron chi connectivity index (χ3n) is 2.85. The summed E-state index contributed by atoms with van der Waals surface area (Å²) in [7, 11) is 1.69. The van der Waals surface area contributed by atoms with Crippen molar-refractivity contribution in [2.24, 2.45) is 5.73 Å². The third kappa shape index (κ3) is 2.45. The van der Waals surface area contributed by atoms with Crippen LogP contribution in [0.1, 0.15) is 33.1 Å². The van der Waals surface area contributed by atoms with Gasteiger partial charge in [0, 0.05) is 13.7 Å². The van der Waals surface area contributed by atoms with E-state index in [2.05, 4.69) is 5.32 Å². The fourth-order valence-corrected chi connectivity index (χ4v) is 1.49. The molecule has 0 aromatic rings. The minimum atomic E-state index is -0.807. The van der Waals surface area contributed by atoms with Crippen LogP contribution in [0, 0.1) is 0 Å². The Kier molecular flexibility index (Phi) is 3.17. The number of nitrogens with two attached hydrogens (primary N) is 1. The number of amides is 1. The molecule has 0 aliphatic heterocycles. The molecule has 0 heterocycles. The summed E-state index contributed by atoms with van der Waals surface area (Å²) in [5.74, 6) is -0.124. The van der Waals surface area contributed by atoms with Crippen molar-refractivity contribution >= 4 is 5.91 Å². The van der Waals surface area contributed by atoms with Crippen molar-refractivity contribution in [1.29, 1.82) is 0 Å². The monoisotopic (exact) mass is 200 g/mol. The Morgan fingerprint density at radius 1 is 1.57 bits per heavy atom. The molecule has 1 fully saturated rings. The standard InChI is InChI=1S/C10H20N2O2/c1-9(2,11)8(13)12-7-10(14-3)5-4-6-10/h4-7,11H2,1-3H3,(H,12,13). The molecule has 1 saturated carbocycles. The van der Waals surface area contributed by atoms with Crippen molar-refractivity contribution in [3.05, 3.63) is 0 Å². The number of carbonyl (C=O) groups is 1. The van der Waals surface area contributed by atoms with Crippen LogP contribution in [0.2, 0.25) is 0 Å². The van der Waals surface area contributed by atoms with Gasteiger partial charge in [-0.3, -0.25) is 4.79 Å². The number of rotatable bonds is 4. The normalized spacial score (nSPS) is 20.0. The molecule has 4 nitrogen and oxygen atoms in total. The molecule has 0 unspecified atom stereocenters. The summed E-state index contributed by atoms with van der Waals surface area (Å²) in [6.45, 7) is 3.97. The Morgan fingerprint density at radius 3 is 2.43 bits per heavy atom. The Hall–Kier alpha value is -0.610. The smallest absolute Gasteiger partial charge is 0.239 e. The summed E-state index contributed by atoms with van der Waals surface area (Å²) in [5.41, 5.74) is 4.73. The second-order valence-electron chi connectivity index (χ2n) is 4.65. The lowest BCUT2D eigenvalue weighted by atomic mass is 9.80. The van der Waals surface area contributed by atoms with Crippen LogP contribution in [-0.4, -0.2) is 30.7 Å². The van der Waals surface area contributed by atoms with E-state index in [1.165, 1.54) is 6.42 Å². The fourth-order valence-electron chi connectivity index (χ4n) is 1.49. The van der Waals surface area contributed by atoms with Crippen LogP contribution in [0.3, 0.4) is 0 Å². The molecule has 1 aliphatic carbocycles. The van der Waals surface area contributed by atoms with Crippen molar-refractivity contribution in [3.8, 4) is 0 Å². The maximum atomic E-state index is 11.5. The highest BCUT2D eigenvalue weighted by molar-refractivity contribution is 5.85. The number of hydrogen-bond donors (Lipinski definition) is 2. The highest BCUT2D eigenvalue weighted by Gasteiger charge is 2.38. The summed E-state index contributed by atoms with van der Waals surface area (Å²) in [4.78, 5) is 11.5. The van der Waals surface area contributed by atoms with Gasteiger partial charge in [-0.1, -0.05) is 0 Å². The molecule has 14 heavy (non-hydrogen) atoms. The fraction of sp³-hybridized carbons (Fsp3) is 0.900. The highest BCUT2D eigenvalue weighted by atomic mass is 16.5. The van der Waals surface area contributed by atoms with Gasteiger partial charge in [0.05, 0.1) is 11.1 Å². The molecular formula is C10H20N2O2. The van der Waals surface area contributed by atoms with Gasteiger partial charge in [0.2, 0.25) is 5.91 Å². The van der Waals surface area contributed by atoms with Crippen molar-refractivity contribution in [1.82, 2.24) is 5.32 Å².